The van der Waals surface area contributed by atoms with Crippen LogP contribution in [0.3, 0.4) is 0 Å². The highest BCUT2D eigenvalue weighted by molar-refractivity contribution is 9.10. The number of hydrogen-bond acceptors (Lipinski definition) is 2. The van der Waals surface area contributed by atoms with Gasteiger partial charge in [0.15, 0.2) is 5.96 Å². The Hall–Kier alpha value is -1.53. The van der Waals surface area contributed by atoms with E-state index in [0.29, 0.717) is 12.5 Å². The number of aromatic nitrogens is 1. The van der Waals surface area contributed by atoms with Gasteiger partial charge in [0, 0.05) is 34.2 Å². The molecule has 0 unspecified atom stereocenters. The molecule has 0 radical (unpaired) electrons. The summed E-state index contributed by atoms with van der Waals surface area (Å²) in [6.45, 7) is 3.63. The number of H-pyrrole nitrogens is 1. The molecule has 2 aromatic rings. The smallest absolute Gasteiger partial charge is 0.191 e. The quantitative estimate of drug-likeness (QED) is 0.651. The lowest BCUT2D eigenvalue weighted by Crippen LogP contribution is -2.44. The molecule has 1 fully saturated rings. The minimum atomic E-state index is 0.565. The standard InChI is InChI=1S/C14H17BrN4O/c15-11-1-2-13-10(7-11)8-12(18-13)9-17-14(16)19-3-5-20-6-4-19/h1-2,7-8,18H,3-6,9H2,(H2,16,17). The van der Waals surface area contributed by atoms with Crippen LogP contribution in [0, 0.1) is 0 Å². The molecule has 2 heterocycles. The summed E-state index contributed by atoms with van der Waals surface area (Å²) in [6.07, 6.45) is 0. The Morgan fingerprint density at radius 1 is 1.35 bits per heavy atom. The summed E-state index contributed by atoms with van der Waals surface area (Å²) < 4.78 is 6.38. The Morgan fingerprint density at radius 3 is 2.95 bits per heavy atom. The number of nitrogens with zero attached hydrogens (tertiary/aromatic N) is 2. The largest absolute Gasteiger partial charge is 0.378 e. The third-order valence-electron chi connectivity index (χ3n) is 3.39. The topological polar surface area (TPSA) is 66.6 Å². The van der Waals surface area contributed by atoms with Gasteiger partial charge in [-0.2, -0.15) is 0 Å². The molecule has 1 saturated heterocycles. The monoisotopic (exact) mass is 336 g/mol. The molecule has 106 valence electrons. The van der Waals surface area contributed by atoms with Crippen LogP contribution in [-0.2, 0) is 11.3 Å². The van der Waals surface area contributed by atoms with Crippen molar-refractivity contribution >= 4 is 32.8 Å². The van der Waals surface area contributed by atoms with Crippen LogP contribution in [0.25, 0.3) is 10.9 Å². The Bertz CT molecular complexity index is 631. The number of morpholine rings is 1. The normalized spacial score (nSPS) is 16.9. The highest BCUT2D eigenvalue weighted by Crippen LogP contribution is 2.20. The molecule has 0 atom stereocenters. The number of nitrogens with two attached hydrogens (primary N) is 1. The van der Waals surface area contributed by atoms with Crippen molar-refractivity contribution in [1.82, 2.24) is 9.88 Å². The number of guanidine groups is 1. The predicted molar refractivity (Wildman–Crippen MR) is 83.7 cm³/mol. The summed E-state index contributed by atoms with van der Waals surface area (Å²) in [7, 11) is 0. The van der Waals surface area contributed by atoms with E-state index in [-0.39, 0.29) is 0 Å². The Balaban J connectivity index is 1.72. The molecule has 0 saturated carbocycles. The number of halogens is 1. The summed E-state index contributed by atoms with van der Waals surface area (Å²) in [5, 5.41) is 1.18. The first-order valence-corrected chi connectivity index (χ1v) is 7.41. The molecular weight excluding hydrogens is 320 g/mol. The van der Waals surface area contributed by atoms with Gasteiger partial charge < -0.3 is 20.4 Å². The fraction of sp³-hybridized carbons (Fsp3) is 0.357. The molecule has 5 nitrogen and oxygen atoms in total. The van der Waals surface area contributed by atoms with Crippen molar-refractivity contribution in [3.05, 3.63) is 34.4 Å². The van der Waals surface area contributed by atoms with Gasteiger partial charge in [0.2, 0.25) is 0 Å². The molecule has 1 aromatic heterocycles. The number of aliphatic imine (C=N–C) groups is 1. The lowest BCUT2D eigenvalue weighted by molar-refractivity contribution is 0.0674. The Kier molecular flexibility index (Phi) is 3.93. The molecule has 1 aliphatic rings. The molecule has 1 aromatic carbocycles. The zero-order valence-electron chi connectivity index (χ0n) is 11.1. The molecule has 20 heavy (non-hydrogen) atoms. The highest BCUT2D eigenvalue weighted by Gasteiger charge is 2.12. The van der Waals surface area contributed by atoms with Gasteiger partial charge in [-0.25, -0.2) is 4.99 Å². The summed E-state index contributed by atoms with van der Waals surface area (Å²) in [5.74, 6) is 0.591. The van der Waals surface area contributed by atoms with Crippen LogP contribution in [0.15, 0.2) is 33.7 Å². The fourth-order valence-electron chi connectivity index (χ4n) is 2.31. The molecule has 1 aliphatic heterocycles. The van der Waals surface area contributed by atoms with Crippen molar-refractivity contribution in [2.45, 2.75) is 6.54 Å². The van der Waals surface area contributed by atoms with E-state index >= 15 is 0 Å². The molecule has 0 spiro atoms. The number of aromatic amines is 1. The number of fused-ring (bicyclic) bond motifs is 1. The van der Waals surface area contributed by atoms with E-state index in [9.17, 15) is 0 Å². The second kappa shape index (κ2) is 5.85. The van der Waals surface area contributed by atoms with E-state index in [2.05, 4.69) is 49.0 Å². The fourth-order valence-corrected chi connectivity index (χ4v) is 2.69. The Morgan fingerprint density at radius 2 is 2.15 bits per heavy atom. The van der Waals surface area contributed by atoms with E-state index in [0.717, 1.165) is 42.0 Å². The van der Waals surface area contributed by atoms with Crippen LogP contribution in [0.4, 0.5) is 0 Å². The van der Waals surface area contributed by atoms with Crippen molar-refractivity contribution in [3.63, 3.8) is 0 Å². The minimum absolute atomic E-state index is 0.565. The van der Waals surface area contributed by atoms with Gasteiger partial charge in [0.05, 0.1) is 19.8 Å². The lowest BCUT2D eigenvalue weighted by atomic mass is 10.2. The van der Waals surface area contributed by atoms with E-state index < -0.39 is 0 Å². The van der Waals surface area contributed by atoms with Crippen molar-refractivity contribution in [2.24, 2.45) is 10.7 Å². The van der Waals surface area contributed by atoms with E-state index in [1.807, 2.05) is 6.07 Å². The van der Waals surface area contributed by atoms with Gasteiger partial charge in [-0.05, 0) is 24.3 Å². The van der Waals surface area contributed by atoms with Gasteiger partial charge in [-0.15, -0.1) is 0 Å². The molecule has 0 bridgehead atoms. The van der Waals surface area contributed by atoms with Gasteiger partial charge in [0.1, 0.15) is 0 Å². The van der Waals surface area contributed by atoms with Crippen molar-refractivity contribution in [3.8, 4) is 0 Å². The van der Waals surface area contributed by atoms with Gasteiger partial charge >= 0.3 is 0 Å². The number of nitrogens with one attached hydrogen (secondary N) is 1. The first-order valence-electron chi connectivity index (χ1n) is 6.62. The molecule has 6 heteroatoms. The first kappa shape index (κ1) is 13.5. The molecule has 0 amide bonds. The second-order valence-electron chi connectivity index (χ2n) is 4.80. The maximum Gasteiger partial charge on any atom is 0.191 e. The molecule has 3 rings (SSSR count). The van der Waals surface area contributed by atoms with Crippen molar-refractivity contribution in [1.29, 1.82) is 0 Å². The average Bonchev–Trinajstić information content (AvgIpc) is 2.87. The number of ether oxygens (including phenoxy) is 1. The van der Waals surface area contributed by atoms with E-state index in [1.54, 1.807) is 0 Å². The van der Waals surface area contributed by atoms with E-state index in [4.69, 9.17) is 10.5 Å². The SMILES string of the molecule is NC(=NCc1cc2cc(Br)ccc2[nH]1)N1CCOCC1. The average molecular weight is 337 g/mol. The highest BCUT2D eigenvalue weighted by atomic mass is 79.9. The minimum Gasteiger partial charge on any atom is -0.378 e. The van der Waals surface area contributed by atoms with Gasteiger partial charge in [-0.1, -0.05) is 15.9 Å². The van der Waals surface area contributed by atoms with Gasteiger partial charge in [-0.3, -0.25) is 0 Å². The number of hydrogen-bond donors (Lipinski definition) is 2. The first-order chi connectivity index (χ1) is 9.72. The number of benzene rings is 1. The summed E-state index contributed by atoms with van der Waals surface area (Å²) in [5.41, 5.74) is 8.19. The van der Waals surface area contributed by atoms with Crippen LogP contribution in [-0.4, -0.2) is 42.1 Å². The lowest BCUT2D eigenvalue weighted by Gasteiger charge is -2.27. The number of rotatable bonds is 2. The zero-order valence-corrected chi connectivity index (χ0v) is 12.7. The second-order valence-corrected chi connectivity index (χ2v) is 5.72. The van der Waals surface area contributed by atoms with Crippen molar-refractivity contribution < 1.29 is 4.74 Å². The molecule has 3 N–H and O–H groups in total. The molecular formula is C14H17BrN4O. The van der Waals surface area contributed by atoms with Crippen LogP contribution in [0.1, 0.15) is 5.69 Å². The van der Waals surface area contributed by atoms with Crippen molar-refractivity contribution in [2.75, 3.05) is 26.3 Å². The van der Waals surface area contributed by atoms with Gasteiger partial charge in [0.25, 0.3) is 0 Å². The van der Waals surface area contributed by atoms with Crippen LogP contribution < -0.4 is 5.73 Å². The summed E-state index contributed by atoms with van der Waals surface area (Å²) in [6, 6.07) is 8.27. The van der Waals surface area contributed by atoms with Crippen LogP contribution >= 0.6 is 15.9 Å². The Labute approximate surface area is 125 Å². The maximum atomic E-state index is 6.01. The third-order valence-corrected chi connectivity index (χ3v) is 3.88. The van der Waals surface area contributed by atoms with Crippen LogP contribution in [0.5, 0.6) is 0 Å². The van der Waals surface area contributed by atoms with E-state index in [1.165, 1.54) is 5.39 Å². The maximum absolute atomic E-state index is 6.01. The summed E-state index contributed by atoms with van der Waals surface area (Å²) in [4.78, 5) is 9.87. The summed E-state index contributed by atoms with van der Waals surface area (Å²) >= 11 is 3.48. The van der Waals surface area contributed by atoms with Crippen LogP contribution in [0.2, 0.25) is 0 Å². The predicted octanol–water partition coefficient (Wildman–Crippen LogP) is 2.08. The third kappa shape index (κ3) is 2.96. The zero-order chi connectivity index (χ0) is 13.9. The molecule has 0 aliphatic carbocycles.